The molecule has 0 radical (unpaired) electrons. The lowest BCUT2D eigenvalue weighted by molar-refractivity contribution is 0.528. The third-order valence-electron chi connectivity index (χ3n) is 3.45. The van der Waals surface area contributed by atoms with Crippen molar-refractivity contribution in [3.05, 3.63) is 40.8 Å². The topological polar surface area (TPSA) is 110 Å². The summed E-state index contributed by atoms with van der Waals surface area (Å²) in [6, 6.07) is 4.61. The van der Waals surface area contributed by atoms with E-state index in [0.717, 1.165) is 0 Å². The van der Waals surface area contributed by atoms with Gasteiger partial charge in [-0.3, -0.25) is 9.29 Å². The summed E-state index contributed by atoms with van der Waals surface area (Å²) in [6.07, 6.45) is 1.28. The zero-order valence-electron chi connectivity index (χ0n) is 12.8. The second-order valence-corrected chi connectivity index (χ2v) is 7.15. The Bertz CT molecular complexity index is 1030. The molecule has 0 aliphatic heterocycles. The van der Waals surface area contributed by atoms with Crippen molar-refractivity contribution in [2.24, 2.45) is 7.05 Å². The van der Waals surface area contributed by atoms with Crippen LogP contribution in [0.2, 0.25) is 0 Å². The highest BCUT2D eigenvalue weighted by Gasteiger charge is 2.19. The average molecular weight is 336 g/mol. The molecule has 23 heavy (non-hydrogen) atoms. The van der Waals surface area contributed by atoms with Gasteiger partial charge in [-0.25, -0.2) is 9.78 Å². The molecule has 0 aliphatic rings. The van der Waals surface area contributed by atoms with E-state index in [2.05, 4.69) is 14.7 Å². The minimum Gasteiger partial charge on any atom is -0.408 e. The Morgan fingerprint density at radius 2 is 2.09 bits per heavy atom. The molecule has 9 heteroatoms. The number of anilines is 1. The number of H-pyrrole nitrogens is 1. The van der Waals surface area contributed by atoms with Crippen LogP contribution in [0.4, 0.5) is 5.69 Å². The molecule has 0 aliphatic carbocycles. The Morgan fingerprint density at radius 3 is 2.74 bits per heavy atom. The van der Waals surface area contributed by atoms with Crippen molar-refractivity contribution in [2.75, 3.05) is 4.72 Å². The standard InChI is InChI=1S/C14H16N4O4S/c1-8(2)13-15-7-12(16-13)23(20,21)17-9-4-5-11-10(6-9)18(3)14(19)22-11/h4-8,17H,1-3H3,(H,15,16). The number of hydrogen-bond acceptors (Lipinski definition) is 5. The molecule has 3 rings (SSSR count). The van der Waals surface area contributed by atoms with Gasteiger partial charge >= 0.3 is 5.76 Å². The molecule has 0 fully saturated rings. The molecule has 0 amide bonds. The van der Waals surface area contributed by atoms with Crippen molar-refractivity contribution in [2.45, 2.75) is 24.8 Å². The molecule has 0 unspecified atom stereocenters. The molecule has 0 bridgehead atoms. The van der Waals surface area contributed by atoms with Crippen LogP contribution >= 0.6 is 0 Å². The van der Waals surface area contributed by atoms with Gasteiger partial charge in [-0.05, 0) is 18.2 Å². The molecule has 0 saturated heterocycles. The third kappa shape index (κ3) is 2.74. The lowest BCUT2D eigenvalue weighted by Gasteiger charge is -2.06. The minimum atomic E-state index is -3.79. The SMILES string of the molecule is CC(C)c1ncc(S(=O)(=O)Nc2ccc3oc(=O)n(C)c3c2)[nH]1. The molecular formula is C14H16N4O4S. The Kier molecular flexibility index (Phi) is 3.52. The first-order chi connectivity index (χ1) is 10.8. The summed E-state index contributed by atoms with van der Waals surface area (Å²) in [5.74, 6) is 0.184. The first-order valence-electron chi connectivity index (χ1n) is 6.95. The van der Waals surface area contributed by atoms with E-state index in [-0.39, 0.29) is 10.9 Å². The Hall–Kier alpha value is -2.55. The van der Waals surface area contributed by atoms with Crippen LogP contribution in [0, 0.1) is 0 Å². The number of rotatable bonds is 4. The Labute approximate surface area is 132 Å². The lowest BCUT2D eigenvalue weighted by Crippen LogP contribution is -2.14. The van der Waals surface area contributed by atoms with Crippen LogP contribution < -0.4 is 10.5 Å². The second kappa shape index (κ2) is 5.27. The molecule has 3 aromatic rings. The number of oxazole rings is 1. The van der Waals surface area contributed by atoms with Gasteiger partial charge in [0.15, 0.2) is 10.6 Å². The fourth-order valence-electron chi connectivity index (χ4n) is 2.15. The number of nitrogens with one attached hydrogen (secondary N) is 2. The summed E-state index contributed by atoms with van der Waals surface area (Å²) < 4.78 is 33.6. The van der Waals surface area contributed by atoms with E-state index >= 15 is 0 Å². The zero-order chi connectivity index (χ0) is 16.8. The lowest BCUT2D eigenvalue weighted by atomic mass is 10.2. The van der Waals surface area contributed by atoms with Crippen LogP contribution in [0.5, 0.6) is 0 Å². The molecule has 8 nitrogen and oxygen atoms in total. The van der Waals surface area contributed by atoms with Crippen molar-refractivity contribution in [1.82, 2.24) is 14.5 Å². The molecule has 2 aromatic heterocycles. The molecule has 2 heterocycles. The smallest absolute Gasteiger partial charge is 0.408 e. The summed E-state index contributed by atoms with van der Waals surface area (Å²) in [4.78, 5) is 18.3. The van der Waals surface area contributed by atoms with Crippen molar-refractivity contribution in [1.29, 1.82) is 0 Å². The number of aromatic amines is 1. The van der Waals surface area contributed by atoms with Gasteiger partial charge in [0.05, 0.1) is 17.4 Å². The fourth-order valence-corrected chi connectivity index (χ4v) is 3.13. The van der Waals surface area contributed by atoms with Crippen LogP contribution in [0.3, 0.4) is 0 Å². The van der Waals surface area contributed by atoms with Gasteiger partial charge in [0.1, 0.15) is 5.82 Å². The number of benzene rings is 1. The number of nitrogens with zero attached hydrogens (tertiary/aromatic N) is 2. The van der Waals surface area contributed by atoms with Crippen LogP contribution in [0.1, 0.15) is 25.6 Å². The predicted octanol–water partition coefficient (Wildman–Crippen LogP) is 1.78. The van der Waals surface area contributed by atoms with E-state index in [1.807, 2.05) is 13.8 Å². The maximum Gasteiger partial charge on any atom is 0.419 e. The summed E-state index contributed by atoms with van der Waals surface area (Å²) in [5, 5.41) is -0.0117. The highest BCUT2D eigenvalue weighted by atomic mass is 32.2. The molecule has 0 saturated carbocycles. The van der Waals surface area contributed by atoms with Gasteiger partial charge in [-0.15, -0.1) is 0 Å². The highest BCUT2D eigenvalue weighted by molar-refractivity contribution is 7.92. The fraction of sp³-hybridized carbons (Fsp3) is 0.286. The zero-order valence-corrected chi connectivity index (χ0v) is 13.6. The van der Waals surface area contributed by atoms with Crippen LogP contribution in [-0.4, -0.2) is 23.0 Å². The molecule has 0 atom stereocenters. The van der Waals surface area contributed by atoms with Gasteiger partial charge in [0.2, 0.25) is 0 Å². The predicted molar refractivity (Wildman–Crippen MR) is 84.9 cm³/mol. The maximum atomic E-state index is 12.4. The molecule has 0 spiro atoms. The summed E-state index contributed by atoms with van der Waals surface area (Å²) in [5.41, 5.74) is 1.22. The monoisotopic (exact) mass is 336 g/mol. The number of imidazole rings is 1. The second-order valence-electron chi connectivity index (χ2n) is 5.50. The van der Waals surface area contributed by atoms with Crippen molar-refractivity contribution >= 4 is 26.8 Å². The van der Waals surface area contributed by atoms with E-state index in [1.165, 1.54) is 22.9 Å². The first-order valence-corrected chi connectivity index (χ1v) is 8.43. The van der Waals surface area contributed by atoms with E-state index in [4.69, 9.17) is 4.42 Å². The molecular weight excluding hydrogens is 320 g/mol. The van der Waals surface area contributed by atoms with Gasteiger partial charge < -0.3 is 9.40 Å². The Morgan fingerprint density at radius 1 is 1.35 bits per heavy atom. The van der Waals surface area contributed by atoms with Crippen LogP contribution in [0.25, 0.3) is 11.1 Å². The Balaban J connectivity index is 1.96. The average Bonchev–Trinajstić information content (AvgIpc) is 3.07. The first kappa shape index (κ1) is 15.3. The maximum absolute atomic E-state index is 12.4. The van der Waals surface area contributed by atoms with Gasteiger partial charge in [0, 0.05) is 13.0 Å². The van der Waals surface area contributed by atoms with Crippen molar-refractivity contribution in [3.63, 3.8) is 0 Å². The van der Waals surface area contributed by atoms with Gasteiger partial charge in [-0.2, -0.15) is 8.42 Å². The van der Waals surface area contributed by atoms with E-state index in [9.17, 15) is 13.2 Å². The van der Waals surface area contributed by atoms with E-state index in [0.29, 0.717) is 22.6 Å². The van der Waals surface area contributed by atoms with Crippen molar-refractivity contribution in [3.8, 4) is 0 Å². The van der Waals surface area contributed by atoms with Gasteiger partial charge in [-0.1, -0.05) is 13.8 Å². The summed E-state index contributed by atoms with van der Waals surface area (Å²) in [6.45, 7) is 3.83. The van der Waals surface area contributed by atoms with Crippen LogP contribution in [0.15, 0.2) is 38.6 Å². The largest absolute Gasteiger partial charge is 0.419 e. The summed E-state index contributed by atoms with van der Waals surface area (Å²) in [7, 11) is -2.23. The number of hydrogen-bond donors (Lipinski definition) is 2. The number of aromatic nitrogens is 3. The molecule has 2 N–H and O–H groups in total. The molecule has 122 valence electrons. The van der Waals surface area contributed by atoms with Gasteiger partial charge in [0.25, 0.3) is 10.0 Å². The number of fused-ring (bicyclic) bond motifs is 1. The third-order valence-corrected chi connectivity index (χ3v) is 4.74. The normalized spacial score (nSPS) is 12.2. The minimum absolute atomic E-state index is 0.0117. The molecule has 1 aromatic carbocycles. The highest BCUT2D eigenvalue weighted by Crippen LogP contribution is 2.21. The van der Waals surface area contributed by atoms with Crippen LogP contribution in [-0.2, 0) is 17.1 Å². The van der Waals surface area contributed by atoms with E-state index < -0.39 is 15.8 Å². The quantitative estimate of drug-likeness (QED) is 0.754. The van der Waals surface area contributed by atoms with Crippen molar-refractivity contribution < 1.29 is 12.8 Å². The summed E-state index contributed by atoms with van der Waals surface area (Å²) >= 11 is 0. The number of sulfonamides is 1. The van der Waals surface area contributed by atoms with E-state index in [1.54, 1.807) is 13.1 Å². The number of aryl methyl sites for hydroxylation is 1.